The molecule has 7 heteroatoms. The van der Waals surface area contributed by atoms with Gasteiger partial charge in [-0.25, -0.2) is 10.0 Å². The third-order valence-electron chi connectivity index (χ3n) is 5.09. The molecule has 2 heterocycles. The Morgan fingerprint density at radius 3 is 2.56 bits per heavy atom. The molecule has 6 nitrogen and oxygen atoms in total. The number of methoxy groups -OCH3 is 1. The van der Waals surface area contributed by atoms with Crippen molar-refractivity contribution in [1.29, 1.82) is 0 Å². The van der Waals surface area contributed by atoms with Crippen molar-refractivity contribution >= 4 is 40.4 Å². The summed E-state index contributed by atoms with van der Waals surface area (Å²) in [5, 5.41) is 9.99. The van der Waals surface area contributed by atoms with Gasteiger partial charge in [-0.1, -0.05) is 60.7 Å². The maximum atomic E-state index is 12.5. The smallest absolute Gasteiger partial charge is 0.264 e. The van der Waals surface area contributed by atoms with Crippen LogP contribution in [-0.4, -0.2) is 29.0 Å². The Morgan fingerprint density at radius 2 is 1.78 bits per heavy atom. The van der Waals surface area contributed by atoms with Crippen molar-refractivity contribution in [2.24, 2.45) is 10.1 Å². The molecule has 5 rings (SSSR count). The predicted octanol–water partition coefficient (Wildman–Crippen LogP) is 4.76. The van der Waals surface area contributed by atoms with Gasteiger partial charge >= 0.3 is 0 Å². The van der Waals surface area contributed by atoms with Crippen LogP contribution >= 0.6 is 11.8 Å². The van der Waals surface area contributed by atoms with E-state index in [4.69, 9.17) is 14.8 Å². The van der Waals surface area contributed by atoms with Crippen LogP contribution in [-0.2, 0) is 11.3 Å². The largest absolute Gasteiger partial charge is 0.497 e. The number of ether oxygens (including phenoxy) is 1. The molecule has 0 radical (unpaired) electrons. The lowest BCUT2D eigenvalue weighted by Gasteiger charge is -2.26. The first-order chi connectivity index (χ1) is 15.7. The van der Waals surface area contributed by atoms with Gasteiger partial charge in [-0.15, -0.1) is 5.10 Å². The number of hydrogen-bond acceptors (Lipinski definition) is 6. The third kappa shape index (κ3) is 4.15. The first kappa shape index (κ1) is 20.1. The molecule has 2 aliphatic rings. The van der Waals surface area contributed by atoms with Gasteiger partial charge < -0.3 is 4.74 Å². The van der Waals surface area contributed by atoms with Crippen molar-refractivity contribution in [3.05, 3.63) is 100 Å². The Labute approximate surface area is 190 Å². The van der Waals surface area contributed by atoms with E-state index in [0.29, 0.717) is 16.6 Å². The van der Waals surface area contributed by atoms with Gasteiger partial charge in [0.1, 0.15) is 5.75 Å². The fourth-order valence-corrected chi connectivity index (χ4v) is 4.31. The fourth-order valence-electron chi connectivity index (χ4n) is 3.48. The number of para-hydroxylation sites is 1. The molecule has 1 saturated heterocycles. The summed E-state index contributed by atoms with van der Waals surface area (Å²) in [6.07, 6.45) is 1.85. The number of carbonyl (C=O) groups is 1. The zero-order valence-electron chi connectivity index (χ0n) is 17.4. The molecule has 0 aliphatic carbocycles. The Kier molecular flexibility index (Phi) is 5.47. The van der Waals surface area contributed by atoms with E-state index in [0.717, 1.165) is 34.0 Å². The summed E-state index contributed by atoms with van der Waals surface area (Å²) >= 11 is 1.32. The summed E-state index contributed by atoms with van der Waals surface area (Å²) in [4.78, 5) is 18.0. The van der Waals surface area contributed by atoms with Crippen LogP contribution in [0.2, 0.25) is 0 Å². The van der Waals surface area contributed by atoms with Crippen molar-refractivity contribution in [3.63, 3.8) is 0 Å². The molecule has 32 heavy (non-hydrogen) atoms. The number of amides is 1. The molecule has 0 saturated carbocycles. The molecule has 0 aromatic heterocycles. The van der Waals surface area contributed by atoms with Crippen LogP contribution in [0.3, 0.4) is 0 Å². The highest BCUT2D eigenvalue weighted by Crippen LogP contribution is 2.31. The number of hydrazone groups is 1. The number of carbonyl (C=O) groups excluding carboxylic acids is 1. The predicted molar refractivity (Wildman–Crippen MR) is 129 cm³/mol. The maximum absolute atomic E-state index is 12.5. The van der Waals surface area contributed by atoms with Crippen molar-refractivity contribution < 1.29 is 9.53 Å². The van der Waals surface area contributed by atoms with Crippen molar-refractivity contribution in [2.45, 2.75) is 6.54 Å². The minimum absolute atomic E-state index is 0.167. The number of nitrogens with zero attached hydrogens (tertiary/aromatic N) is 3. The minimum Gasteiger partial charge on any atom is -0.497 e. The SMILES string of the molecule is COc1ccc(/C=C2/S/C(=N/N3Cc4ccccc4N=C3c3ccccc3)NC2=O)cc1. The average Bonchev–Trinajstić information content (AvgIpc) is 3.18. The molecule has 2 aliphatic heterocycles. The average molecular weight is 441 g/mol. The van der Waals surface area contributed by atoms with Crippen LogP contribution in [0.4, 0.5) is 5.69 Å². The van der Waals surface area contributed by atoms with Gasteiger partial charge in [0, 0.05) is 5.56 Å². The summed E-state index contributed by atoms with van der Waals surface area (Å²) in [7, 11) is 1.63. The monoisotopic (exact) mass is 440 g/mol. The Morgan fingerprint density at radius 1 is 1.03 bits per heavy atom. The van der Waals surface area contributed by atoms with Crippen LogP contribution in [0.15, 0.2) is 93.9 Å². The topological polar surface area (TPSA) is 66.3 Å². The van der Waals surface area contributed by atoms with Crippen LogP contribution in [0, 0.1) is 0 Å². The number of hydrogen-bond donors (Lipinski definition) is 1. The van der Waals surface area contributed by atoms with E-state index in [2.05, 4.69) is 5.32 Å². The van der Waals surface area contributed by atoms with E-state index >= 15 is 0 Å². The lowest BCUT2D eigenvalue weighted by atomic mass is 10.1. The molecule has 3 aromatic rings. The number of benzene rings is 3. The molecule has 0 atom stereocenters. The van der Waals surface area contributed by atoms with Gasteiger partial charge in [-0.3, -0.25) is 10.1 Å². The second kappa shape index (κ2) is 8.72. The molecule has 1 amide bonds. The van der Waals surface area contributed by atoms with E-state index in [1.165, 1.54) is 11.8 Å². The summed E-state index contributed by atoms with van der Waals surface area (Å²) in [6, 6.07) is 25.5. The molecule has 158 valence electrons. The van der Waals surface area contributed by atoms with E-state index in [1.807, 2.05) is 89.9 Å². The maximum Gasteiger partial charge on any atom is 0.264 e. The van der Waals surface area contributed by atoms with E-state index < -0.39 is 0 Å². The number of nitrogens with one attached hydrogen (secondary N) is 1. The lowest BCUT2D eigenvalue weighted by molar-refractivity contribution is -0.115. The van der Waals surface area contributed by atoms with Gasteiger partial charge in [-0.05, 0) is 47.2 Å². The van der Waals surface area contributed by atoms with Gasteiger partial charge in [-0.2, -0.15) is 0 Å². The van der Waals surface area contributed by atoms with Gasteiger partial charge in [0.2, 0.25) is 0 Å². The number of thioether (sulfide) groups is 1. The first-order valence-electron chi connectivity index (χ1n) is 10.1. The zero-order valence-corrected chi connectivity index (χ0v) is 18.2. The zero-order chi connectivity index (χ0) is 21.9. The Hall–Kier alpha value is -3.84. The summed E-state index contributed by atoms with van der Waals surface area (Å²) in [5.74, 6) is 1.36. The van der Waals surface area contributed by atoms with E-state index in [1.54, 1.807) is 7.11 Å². The third-order valence-corrected chi connectivity index (χ3v) is 5.99. The van der Waals surface area contributed by atoms with E-state index in [9.17, 15) is 4.79 Å². The molecule has 1 N–H and O–H groups in total. The minimum atomic E-state index is -0.167. The molecular formula is C25H20N4O2S. The number of fused-ring (bicyclic) bond motifs is 1. The molecule has 1 fully saturated rings. The molecule has 0 unspecified atom stereocenters. The first-order valence-corrected chi connectivity index (χ1v) is 10.9. The number of aliphatic imine (C=N–C) groups is 1. The van der Waals surface area contributed by atoms with Crippen molar-refractivity contribution in [3.8, 4) is 5.75 Å². The molecule has 0 bridgehead atoms. The fraction of sp³-hybridized carbons (Fsp3) is 0.0800. The van der Waals surface area contributed by atoms with Crippen LogP contribution in [0.5, 0.6) is 5.75 Å². The van der Waals surface area contributed by atoms with Crippen molar-refractivity contribution in [2.75, 3.05) is 7.11 Å². The number of rotatable bonds is 4. The molecule has 3 aromatic carbocycles. The second-order valence-corrected chi connectivity index (χ2v) is 8.26. The second-order valence-electron chi connectivity index (χ2n) is 7.23. The lowest BCUT2D eigenvalue weighted by Crippen LogP contribution is -2.32. The summed E-state index contributed by atoms with van der Waals surface area (Å²) in [6.45, 7) is 0.571. The molecule has 0 spiro atoms. The van der Waals surface area contributed by atoms with Gasteiger partial charge in [0.15, 0.2) is 11.0 Å². The van der Waals surface area contributed by atoms with Crippen LogP contribution < -0.4 is 10.1 Å². The number of amidine groups is 2. The van der Waals surface area contributed by atoms with E-state index in [-0.39, 0.29) is 5.91 Å². The summed E-state index contributed by atoms with van der Waals surface area (Å²) < 4.78 is 5.19. The van der Waals surface area contributed by atoms with Crippen LogP contribution in [0.1, 0.15) is 16.7 Å². The molecular weight excluding hydrogens is 420 g/mol. The highest BCUT2D eigenvalue weighted by atomic mass is 32.2. The van der Waals surface area contributed by atoms with Crippen molar-refractivity contribution in [1.82, 2.24) is 10.3 Å². The highest BCUT2D eigenvalue weighted by molar-refractivity contribution is 8.18. The van der Waals surface area contributed by atoms with Gasteiger partial charge in [0.25, 0.3) is 5.91 Å². The Balaban J connectivity index is 1.44. The van der Waals surface area contributed by atoms with Gasteiger partial charge in [0.05, 0.1) is 24.2 Å². The normalized spacial score (nSPS) is 17.8. The quantitative estimate of drug-likeness (QED) is 0.594. The highest BCUT2D eigenvalue weighted by Gasteiger charge is 2.27. The summed E-state index contributed by atoms with van der Waals surface area (Å²) in [5.41, 5.74) is 3.91. The van der Waals surface area contributed by atoms with Crippen LogP contribution in [0.25, 0.3) is 6.08 Å². The standard InChI is InChI=1S/C25H20N4O2S/c1-31-20-13-11-17(12-14-20)15-22-24(30)27-25(32-22)28-29-16-19-9-5-6-10-21(19)26-23(29)18-7-3-2-4-8-18/h2-15H,16H2,1H3,(H,27,28,30)/b22-15+. The Bertz CT molecular complexity index is 1250.